The predicted octanol–water partition coefficient (Wildman–Crippen LogP) is 5.00. The minimum absolute atomic E-state index is 0.273. The van der Waals surface area contributed by atoms with Crippen LogP contribution in [0.3, 0.4) is 0 Å². The molecule has 0 radical (unpaired) electrons. The minimum atomic E-state index is -0.425. The molecule has 0 spiro atoms. The van der Waals surface area contributed by atoms with Crippen molar-refractivity contribution < 1.29 is 23.4 Å². The molecule has 0 aliphatic heterocycles. The van der Waals surface area contributed by atoms with E-state index in [1.54, 1.807) is 24.5 Å². The van der Waals surface area contributed by atoms with Crippen LogP contribution in [0.25, 0.3) is 0 Å². The SMILES string of the molecule is CCOc1cc(C(=O)NC(c2ccccc2)c2ccco2)cc(OCC)c1OCC. The standard InChI is InChI=1S/C24H27NO5/c1-4-27-20-15-18(16-21(28-5-2)23(20)29-6-3)24(26)25-22(19-13-10-14-30-19)17-11-8-7-9-12-17/h7-16,22H,4-6H2,1-3H3,(H,25,26). The molecule has 0 aliphatic carbocycles. The topological polar surface area (TPSA) is 69.9 Å². The normalized spacial score (nSPS) is 11.6. The first-order valence-corrected chi connectivity index (χ1v) is 10.1. The van der Waals surface area contributed by atoms with E-state index in [9.17, 15) is 4.79 Å². The number of carbonyl (C=O) groups is 1. The lowest BCUT2D eigenvalue weighted by molar-refractivity contribution is 0.0938. The van der Waals surface area contributed by atoms with E-state index in [2.05, 4.69) is 5.32 Å². The average molecular weight is 409 g/mol. The maximum absolute atomic E-state index is 13.2. The first kappa shape index (κ1) is 21.3. The molecule has 3 aromatic rings. The summed E-state index contributed by atoms with van der Waals surface area (Å²) in [6.07, 6.45) is 1.59. The summed E-state index contributed by atoms with van der Waals surface area (Å²) in [6.45, 7) is 6.99. The second-order valence-electron chi connectivity index (χ2n) is 6.43. The number of amides is 1. The number of furan rings is 1. The van der Waals surface area contributed by atoms with Gasteiger partial charge in [-0.15, -0.1) is 0 Å². The maximum atomic E-state index is 13.2. The molecule has 1 atom stereocenters. The fourth-order valence-electron chi connectivity index (χ4n) is 3.15. The fraction of sp³-hybridized carbons (Fsp3) is 0.292. The second-order valence-corrected chi connectivity index (χ2v) is 6.43. The second kappa shape index (κ2) is 10.4. The number of rotatable bonds is 10. The Balaban J connectivity index is 1.96. The summed E-state index contributed by atoms with van der Waals surface area (Å²) in [4.78, 5) is 13.2. The van der Waals surface area contributed by atoms with E-state index in [1.165, 1.54) is 0 Å². The number of nitrogens with one attached hydrogen (secondary N) is 1. The van der Waals surface area contributed by atoms with Crippen molar-refractivity contribution in [1.29, 1.82) is 0 Å². The highest BCUT2D eigenvalue weighted by molar-refractivity contribution is 5.96. The molecule has 1 aromatic heterocycles. The van der Waals surface area contributed by atoms with Crippen molar-refractivity contribution in [2.24, 2.45) is 0 Å². The van der Waals surface area contributed by atoms with Crippen LogP contribution in [0.2, 0.25) is 0 Å². The Morgan fingerprint density at radius 1 is 0.900 bits per heavy atom. The van der Waals surface area contributed by atoms with E-state index < -0.39 is 6.04 Å². The number of ether oxygens (including phenoxy) is 3. The van der Waals surface area contributed by atoms with Crippen molar-refractivity contribution in [3.8, 4) is 17.2 Å². The summed E-state index contributed by atoms with van der Waals surface area (Å²) in [7, 11) is 0. The summed E-state index contributed by atoms with van der Waals surface area (Å²) < 4.78 is 22.8. The Labute approximate surface area is 176 Å². The van der Waals surface area contributed by atoms with Crippen LogP contribution >= 0.6 is 0 Å². The third kappa shape index (κ3) is 4.95. The Hall–Kier alpha value is -3.41. The van der Waals surface area contributed by atoms with Gasteiger partial charge >= 0.3 is 0 Å². The highest BCUT2D eigenvalue weighted by Crippen LogP contribution is 2.39. The highest BCUT2D eigenvalue weighted by atomic mass is 16.5. The van der Waals surface area contributed by atoms with Crippen molar-refractivity contribution >= 4 is 5.91 Å². The fourth-order valence-corrected chi connectivity index (χ4v) is 3.15. The minimum Gasteiger partial charge on any atom is -0.490 e. The Morgan fingerprint density at radius 2 is 1.53 bits per heavy atom. The maximum Gasteiger partial charge on any atom is 0.252 e. The number of carbonyl (C=O) groups excluding carboxylic acids is 1. The van der Waals surface area contributed by atoms with E-state index in [4.69, 9.17) is 18.6 Å². The summed E-state index contributed by atoms with van der Waals surface area (Å²) in [5, 5.41) is 3.06. The molecular weight excluding hydrogens is 382 g/mol. The third-order valence-electron chi connectivity index (χ3n) is 4.41. The zero-order chi connectivity index (χ0) is 21.3. The summed E-state index contributed by atoms with van der Waals surface area (Å²) in [5.41, 5.74) is 1.33. The Morgan fingerprint density at radius 3 is 2.07 bits per heavy atom. The monoisotopic (exact) mass is 409 g/mol. The van der Waals surface area contributed by atoms with Gasteiger partial charge < -0.3 is 23.9 Å². The van der Waals surface area contributed by atoms with Gasteiger partial charge in [0.2, 0.25) is 5.75 Å². The molecule has 0 saturated carbocycles. The van der Waals surface area contributed by atoms with Gasteiger partial charge in [-0.1, -0.05) is 30.3 Å². The van der Waals surface area contributed by atoms with Gasteiger partial charge in [0.25, 0.3) is 5.91 Å². The average Bonchev–Trinajstić information content (AvgIpc) is 3.29. The zero-order valence-corrected chi connectivity index (χ0v) is 17.5. The molecule has 1 heterocycles. The molecule has 0 fully saturated rings. The molecule has 1 amide bonds. The molecule has 3 rings (SSSR count). The van der Waals surface area contributed by atoms with Crippen LogP contribution in [0.5, 0.6) is 17.2 Å². The largest absolute Gasteiger partial charge is 0.490 e. The smallest absolute Gasteiger partial charge is 0.252 e. The van der Waals surface area contributed by atoms with Crippen LogP contribution in [0.1, 0.15) is 48.5 Å². The molecule has 0 saturated heterocycles. The molecule has 0 aliphatic rings. The van der Waals surface area contributed by atoms with Crippen LogP contribution < -0.4 is 19.5 Å². The van der Waals surface area contributed by atoms with Gasteiger partial charge in [0.15, 0.2) is 11.5 Å². The van der Waals surface area contributed by atoms with Gasteiger partial charge in [0.05, 0.1) is 26.1 Å². The quantitative estimate of drug-likeness (QED) is 0.511. The molecule has 2 aromatic carbocycles. The van der Waals surface area contributed by atoms with Crippen molar-refractivity contribution in [1.82, 2.24) is 5.32 Å². The van der Waals surface area contributed by atoms with E-state index in [0.29, 0.717) is 48.4 Å². The molecule has 30 heavy (non-hydrogen) atoms. The van der Waals surface area contributed by atoms with Crippen LogP contribution in [0, 0.1) is 0 Å². The first-order chi connectivity index (χ1) is 14.7. The Kier molecular flexibility index (Phi) is 7.38. The number of hydrogen-bond donors (Lipinski definition) is 1. The Bertz CT molecular complexity index is 910. The van der Waals surface area contributed by atoms with Gasteiger partial charge in [0, 0.05) is 5.56 Å². The van der Waals surface area contributed by atoms with Gasteiger partial charge in [-0.25, -0.2) is 0 Å². The van der Waals surface area contributed by atoms with Crippen molar-refractivity contribution in [3.63, 3.8) is 0 Å². The van der Waals surface area contributed by atoms with Gasteiger partial charge in [-0.3, -0.25) is 4.79 Å². The third-order valence-corrected chi connectivity index (χ3v) is 4.41. The molecular formula is C24H27NO5. The van der Waals surface area contributed by atoms with Crippen LogP contribution in [0.15, 0.2) is 65.3 Å². The zero-order valence-electron chi connectivity index (χ0n) is 17.5. The predicted molar refractivity (Wildman–Crippen MR) is 114 cm³/mol. The lowest BCUT2D eigenvalue weighted by Gasteiger charge is -2.19. The summed E-state index contributed by atoms with van der Waals surface area (Å²) in [5.74, 6) is 1.83. The van der Waals surface area contributed by atoms with E-state index in [1.807, 2.05) is 57.2 Å². The number of hydrogen-bond acceptors (Lipinski definition) is 5. The number of benzene rings is 2. The first-order valence-electron chi connectivity index (χ1n) is 10.1. The molecule has 158 valence electrons. The molecule has 1 N–H and O–H groups in total. The van der Waals surface area contributed by atoms with Crippen molar-refractivity contribution in [2.45, 2.75) is 26.8 Å². The van der Waals surface area contributed by atoms with Gasteiger partial charge in [0.1, 0.15) is 11.8 Å². The summed E-state index contributed by atoms with van der Waals surface area (Å²) in [6, 6.07) is 16.2. The van der Waals surface area contributed by atoms with E-state index >= 15 is 0 Å². The molecule has 1 unspecified atom stereocenters. The lowest BCUT2D eigenvalue weighted by atomic mass is 10.0. The van der Waals surface area contributed by atoms with Crippen LogP contribution in [-0.4, -0.2) is 25.7 Å². The van der Waals surface area contributed by atoms with E-state index in [0.717, 1.165) is 5.56 Å². The van der Waals surface area contributed by atoms with Gasteiger partial charge in [-0.05, 0) is 50.6 Å². The van der Waals surface area contributed by atoms with Crippen molar-refractivity contribution in [2.75, 3.05) is 19.8 Å². The lowest BCUT2D eigenvalue weighted by Crippen LogP contribution is -2.29. The summed E-state index contributed by atoms with van der Waals surface area (Å²) >= 11 is 0. The van der Waals surface area contributed by atoms with Crippen LogP contribution in [0.4, 0.5) is 0 Å². The molecule has 6 nitrogen and oxygen atoms in total. The highest BCUT2D eigenvalue weighted by Gasteiger charge is 2.23. The van der Waals surface area contributed by atoms with Crippen molar-refractivity contribution in [3.05, 3.63) is 77.7 Å². The molecule has 0 bridgehead atoms. The van der Waals surface area contributed by atoms with Gasteiger partial charge in [-0.2, -0.15) is 0 Å². The van der Waals surface area contributed by atoms with E-state index in [-0.39, 0.29) is 5.91 Å². The molecule has 6 heteroatoms. The van der Waals surface area contributed by atoms with Crippen LogP contribution in [-0.2, 0) is 0 Å².